The van der Waals surface area contributed by atoms with E-state index >= 15 is 0 Å². The third kappa shape index (κ3) is 3.32. The number of rotatable bonds is 5. The molecule has 124 valence electrons. The van der Waals surface area contributed by atoms with E-state index in [9.17, 15) is 0 Å². The maximum Gasteiger partial charge on any atom is 0.168 e. The van der Waals surface area contributed by atoms with Crippen molar-refractivity contribution < 1.29 is 0 Å². The van der Waals surface area contributed by atoms with Crippen LogP contribution in [0.3, 0.4) is 0 Å². The van der Waals surface area contributed by atoms with Gasteiger partial charge in [0.15, 0.2) is 5.65 Å². The van der Waals surface area contributed by atoms with Gasteiger partial charge < -0.3 is 5.32 Å². The molecule has 0 bridgehead atoms. The Morgan fingerprint density at radius 1 is 0.960 bits per heavy atom. The first-order valence-corrected chi connectivity index (χ1v) is 8.41. The second kappa shape index (κ2) is 6.91. The van der Waals surface area contributed by atoms with Crippen LogP contribution in [0.1, 0.15) is 5.56 Å². The molecule has 0 saturated carbocycles. The van der Waals surface area contributed by atoms with Crippen LogP contribution in [0.4, 0.5) is 5.82 Å². The van der Waals surface area contributed by atoms with Gasteiger partial charge in [0.05, 0.1) is 17.3 Å². The predicted octanol–water partition coefficient (Wildman–Crippen LogP) is 4.12. The maximum absolute atomic E-state index is 5.92. The van der Waals surface area contributed by atoms with Crippen molar-refractivity contribution in [3.05, 3.63) is 77.7 Å². The van der Waals surface area contributed by atoms with Crippen LogP contribution in [0.5, 0.6) is 0 Å². The molecule has 1 N–H and O–H groups in total. The molecular formula is C19H16ClN5. The summed E-state index contributed by atoms with van der Waals surface area (Å²) in [6.07, 6.45) is 4.25. The van der Waals surface area contributed by atoms with E-state index in [1.807, 2.05) is 59.3 Å². The fraction of sp³-hybridized carbons (Fsp3) is 0.105. The van der Waals surface area contributed by atoms with Gasteiger partial charge in [-0.25, -0.2) is 14.6 Å². The van der Waals surface area contributed by atoms with Crippen LogP contribution in [0.15, 0.2) is 67.1 Å². The summed E-state index contributed by atoms with van der Waals surface area (Å²) in [4.78, 5) is 8.75. The number of aromatic nitrogens is 4. The average molecular weight is 350 g/mol. The number of anilines is 1. The van der Waals surface area contributed by atoms with Crippen LogP contribution in [-0.4, -0.2) is 26.3 Å². The maximum atomic E-state index is 5.92. The van der Waals surface area contributed by atoms with Crippen LogP contribution in [0.25, 0.3) is 16.7 Å². The summed E-state index contributed by atoms with van der Waals surface area (Å²) in [6.45, 7) is 0.768. The molecule has 0 fully saturated rings. The molecule has 6 heteroatoms. The van der Waals surface area contributed by atoms with Gasteiger partial charge in [0, 0.05) is 11.6 Å². The minimum absolute atomic E-state index is 0.752. The van der Waals surface area contributed by atoms with Gasteiger partial charge in [0.25, 0.3) is 0 Å². The highest BCUT2D eigenvalue weighted by atomic mass is 35.5. The Hall–Kier alpha value is -2.92. The van der Waals surface area contributed by atoms with Gasteiger partial charge in [-0.1, -0.05) is 41.9 Å². The van der Waals surface area contributed by atoms with E-state index in [4.69, 9.17) is 11.6 Å². The second-order valence-corrected chi connectivity index (χ2v) is 6.09. The van der Waals surface area contributed by atoms with E-state index < -0.39 is 0 Å². The van der Waals surface area contributed by atoms with Crippen LogP contribution < -0.4 is 5.32 Å². The Kier molecular flexibility index (Phi) is 4.31. The minimum Gasteiger partial charge on any atom is -0.369 e. The normalized spacial score (nSPS) is 10.9. The summed E-state index contributed by atoms with van der Waals surface area (Å²) >= 11 is 5.92. The van der Waals surface area contributed by atoms with E-state index in [0.29, 0.717) is 0 Å². The van der Waals surface area contributed by atoms with Crippen LogP contribution in [0, 0.1) is 0 Å². The van der Waals surface area contributed by atoms with Crippen LogP contribution in [-0.2, 0) is 6.42 Å². The Morgan fingerprint density at radius 3 is 2.56 bits per heavy atom. The molecule has 2 aromatic carbocycles. The van der Waals surface area contributed by atoms with Gasteiger partial charge in [-0.3, -0.25) is 0 Å². The summed E-state index contributed by atoms with van der Waals surface area (Å²) in [6, 6.07) is 17.8. The lowest BCUT2D eigenvalue weighted by Crippen LogP contribution is -2.07. The topological polar surface area (TPSA) is 55.6 Å². The molecule has 5 nitrogen and oxygen atoms in total. The van der Waals surface area contributed by atoms with Gasteiger partial charge in [-0.15, -0.1) is 0 Å². The van der Waals surface area contributed by atoms with E-state index in [2.05, 4.69) is 20.4 Å². The first-order valence-electron chi connectivity index (χ1n) is 8.04. The van der Waals surface area contributed by atoms with Gasteiger partial charge in [0.2, 0.25) is 0 Å². The Balaban J connectivity index is 1.54. The van der Waals surface area contributed by atoms with Gasteiger partial charge in [-0.05, 0) is 36.2 Å². The molecule has 0 aliphatic rings. The van der Waals surface area contributed by atoms with Crippen molar-refractivity contribution in [1.82, 2.24) is 19.7 Å². The Bertz CT molecular complexity index is 980. The standard InChI is InChI=1S/C19H16ClN5/c20-15-8-6-14(7-9-15)10-11-21-18-17-12-24-25(19(17)23-13-22-18)16-4-2-1-3-5-16/h1-9,12-13H,10-11H2,(H,21,22,23). The van der Waals surface area contributed by atoms with E-state index in [0.717, 1.165) is 40.5 Å². The number of nitrogens with one attached hydrogen (secondary N) is 1. The van der Waals surface area contributed by atoms with Crippen molar-refractivity contribution in [2.24, 2.45) is 0 Å². The molecule has 0 atom stereocenters. The summed E-state index contributed by atoms with van der Waals surface area (Å²) < 4.78 is 1.82. The lowest BCUT2D eigenvalue weighted by atomic mass is 10.1. The fourth-order valence-corrected chi connectivity index (χ4v) is 2.85. The number of fused-ring (bicyclic) bond motifs is 1. The third-order valence-corrected chi connectivity index (χ3v) is 4.24. The molecular weight excluding hydrogens is 334 g/mol. The summed E-state index contributed by atoms with van der Waals surface area (Å²) in [5, 5.41) is 9.50. The zero-order chi connectivity index (χ0) is 17.1. The van der Waals surface area contributed by atoms with E-state index in [1.54, 1.807) is 12.5 Å². The molecule has 4 aromatic rings. The largest absolute Gasteiger partial charge is 0.369 e. The number of hydrogen-bond acceptors (Lipinski definition) is 4. The Labute approximate surface area is 150 Å². The Morgan fingerprint density at radius 2 is 1.76 bits per heavy atom. The first-order chi connectivity index (χ1) is 12.3. The molecule has 4 rings (SSSR count). The van der Waals surface area contributed by atoms with Crippen molar-refractivity contribution in [2.45, 2.75) is 6.42 Å². The van der Waals surface area contributed by atoms with Crippen molar-refractivity contribution in [1.29, 1.82) is 0 Å². The molecule has 2 aromatic heterocycles. The van der Waals surface area contributed by atoms with Crippen molar-refractivity contribution in [3.8, 4) is 5.69 Å². The second-order valence-electron chi connectivity index (χ2n) is 5.65. The predicted molar refractivity (Wildman–Crippen MR) is 100 cm³/mol. The van der Waals surface area contributed by atoms with Crippen molar-refractivity contribution in [3.63, 3.8) is 0 Å². The number of benzene rings is 2. The van der Waals surface area contributed by atoms with Crippen molar-refractivity contribution in [2.75, 3.05) is 11.9 Å². The smallest absolute Gasteiger partial charge is 0.168 e. The molecule has 25 heavy (non-hydrogen) atoms. The molecule has 0 radical (unpaired) electrons. The molecule has 2 heterocycles. The van der Waals surface area contributed by atoms with Crippen molar-refractivity contribution >= 4 is 28.5 Å². The lowest BCUT2D eigenvalue weighted by Gasteiger charge is -2.07. The fourth-order valence-electron chi connectivity index (χ4n) is 2.72. The monoisotopic (exact) mass is 349 g/mol. The van der Waals surface area contributed by atoms with E-state index in [1.165, 1.54) is 5.56 Å². The highest BCUT2D eigenvalue weighted by Gasteiger charge is 2.10. The zero-order valence-corrected chi connectivity index (χ0v) is 14.2. The zero-order valence-electron chi connectivity index (χ0n) is 13.4. The number of nitrogens with zero attached hydrogens (tertiary/aromatic N) is 4. The summed E-state index contributed by atoms with van der Waals surface area (Å²) in [5.41, 5.74) is 2.99. The molecule has 0 spiro atoms. The highest BCUT2D eigenvalue weighted by Crippen LogP contribution is 2.21. The van der Waals surface area contributed by atoms with Crippen LogP contribution in [0.2, 0.25) is 5.02 Å². The van der Waals surface area contributed by atoms with E-state index in [-0.39, 0.29) is 0 Å². The highest BCUT2D eigenvalue weighted by molar-refractivity contribution is 6.30. The van der Waals surface area contributed by atoms with Crippen LogP contribution >= 0.6 is 11.6 Å². The van der Waals surface area contributed by atoms with Gasteiger partial charge in [-0.2, -0.15) is 5.10 Å². The lowest BCUT2D eigenvalue weighted by molar-refractivity contribution is 0.895. The first kappa shape index (κ1) is 15.6. The number of para-hydroxylation sites is 1. The SMILES string of the molecule is Clc1ccc(CCNc2ncnc3c2cnn3-c2ccccc2)cc1. The van der Waals surface area contributed by atoms with Gasteiger partial charge in [0.1, 0.15) is 12.1 Å². The molecule has 0 unspecified atom stereocenters. The third-order valence-electron chi connectivity index (χ3n) is 3.99. The summed E-state index contributed by atoms with van der Waals surface area (Å²) in [5.74, 6) is 0.793. The molecule has 0 saturated heterocycles. The number of hydrogen-bond donors (Lipinski definition) is 1. The quantitative estimate of drug-likeness (QED) is 0.588. The molecule has 0 aliphatic carbocycles. The van der Waals surface area contributed by atoms with Gasteiger partial charge >= 0.3 is 0 Å². The average Bonchev–Trinajstić information content (AvgIpc) is 3.09. The minimum atomic E-state index is 0.752. The number of halogens is 1. The molecule has 0 aliphatic heterocycles. The molecule has 0 amide bonds. The summed E-state index contributed by atoms with van der Waals surface area (Å²) in [7, 11) is 0.